The number of Topliss-reactive ketones (excluding diaryl/α,β-unsaturated/α-hetero) is 1. The second-order valence-electron chi connectivity index (χ2n) is 4.51. The number of carbonyl (C=O) groups is 1. The molecule has 2 rings (SSSR count). The van der Waals surface area contributed by atoms with Gasteiger partial charge in [-0.25, -0.2) is 0 Å². The number of nitriles is 1. The Morgan fingerprint density at radius 3 is 2.14 bits per heavy atom. The zero-order valence-corrected chi connectivity index (χ0v) is 12.4. The molecule has 0 aromatic heterocycles. The van der Waals surface area contributed by atoms with Gasteiger partial charge < -0.3 is 9.47 Å². The van der Waals surface area contributed by atoms with Crippen molar-refractivity contribution in [3.8, 4) is 17.6 Å². The van der Waals surface area contributed by atoms with Crippen molar-refractivity contribution in [2.45, 2.75) is 0 Å². The summed E-state index contributed by atoms with van der Waals surface area (Å²) in [7, 11) is 3.09. The lowest BCUT2D eigenvalue weighted by Crippen LogP contribution is -2.01. The smallest absolute Gasteiger partial charge is 0.203 e. The minimum absolute atomic E-state index is 0.0570. The van der Waals surface area contributed by atoms with E-state index in [2.05, 4.69) is 0 Å². The van der Waals surface area contributed by atoms with E-state index in [1.165, 1.54) is 6.08 Å². The number of ether oxygens (including phenoxy) is 2. The summed E-state index contributed by atoms with van der Waals surface area (Å²) in [5.74, 6) is 0.870. The summed E-state index contributed by atoms with van der Waals surface area (Å²) in [6, 6.07) is 15.8. The van der Waals surface area contributed by atoms with Crippen LogP contribution in [0, 0.1) is 11.3 Å². The number of carbonyl (C=O) groups excluding carboxylic acids is 1. The Morgan fingerprint density at radius 1 is 1.05 bits per heavy atom. The first kappa shape index (κ1) is 15.3. The predicted molar refractivity (Wildman–Crippen MR) is 83.9 cm³/mol. The summed E-state index contributed by atoms with van der Waals surface area (Å²) in [5, 5.41) is 9.27. The Morgan fingerprint density at radius 2 is 1.64 bits per heavy atom. The fourth-order valence-electron chi connectivity index (χ4n) is 1.97. The molecule has 0 unspecified atom stereocenters. The molecular formula is C18H15NO3. The van der Waals surface area contributed by atoms with Gasteiger partial charge in [0.2, 0.25) is 5.78 Å². The number of methoxy groups -OCH3 is 2. The van der Waals surface area contributed by atoms with E-state index in [1.54, 1.807) is 56.7 Å². The number of ketones is 1. The molecule has 0 aliphatic heterocycles. The van der Waals surface area contributed by atoms with E-state index in [-0.39, 0.29) is 11.4 Å². The molecule has 22 heavy (non-hydrogen) atoms. The van der Waals surface area contributed by atoms with Gasteiger partial charge in [-0.05, 0) is 23.8 Å². The maximum absolute atomic E-state index is 12.3. The Labute approximate surface area is 129 Å². The second-order valence-corrected chi connectivity index (χ2v) is 4.51. The third-order valence-corrected chi connectivity index (χ3v) is 3.09. The second kappa shape index (κ2) is 7.09. The molecular weight excluding hydrogens is 278 g/mol. The van der Waals surface area contributed by atoms with Gasteiger partial charge in [0.1, 0.15) is 23.1 Å². The Balaban J connectivity index is 2.41. The van der Waals surface area contributed by atoms with E-state index in [4.69, 9.17) is 9.47 Å². The highest BCUT2D eigenvalue weighted by atomic mass is 16.5. The molecule has 0 saturated heterocycles. The number of benzene rings is 2. The van der Waals surface area contributed by atoms with E-state index in [0.29, 0.717) is 22.6 Å². The molecule has 0 spiro atoms. The zero-order valence-electron chi connectivity index (χ0n) is 12.4. The molecule has 0 heterocycles. The van der Waals surface area contributed by atoms with Crippen LogP contribution in [0.3, 0.4) is 0 Å². The molecule has 0 aliphatic carbocycles. The van der Waals surface area contributed by atoms with E-state index in [1.807, 2.05) is 12.1 Å². The van der Waals surface area contributed by atoms with Crippen molar-refractivity contribution < 1.29 is 14.3 Å². The number of hydrogen-bond acceptors (Lipinski definition) is 4. The Bertz CT molecular complexity index is 720. The summed E-state index contributed by atoms with van der Waals surface area (Å²) in [5.41, 5.74) is 1.20. The molecule has 4 heteroatoms. The van der Waals surface area contributed by atoms with Crippen LogP contribution < -0.4 is 9.47 Å². The number of allylic oxidation sites excluding steroid dienone is 1. The minimum atomic E-state index is -0.315. The van der Waals surface area contributed by atoms with Crippen LogP contribution in [0.5, 0.6) is 11.5 Å². The fourth-order valence-corrected chi connectivity index (χ4v) is 1.97. The zero-order chi connectivity index (χ0) is 15.9. The van der Waals surface area contributed by atoms with Crippen LogP contribution in [-0.4, -0.2) is 20.0 Å². The maximum atomic E-state index is 12.3. The first-order chi connectivity index (χ1) is 10.7. The molecule has 0 amide bonds. The van der Waals surface area contributed by atoms with Crippen LogP contribution in [0.15, 0.2) is 54.1 Å². The lowest BCUT2D eigenvalue weighted by atomic mass is 10.0. The van der Waals surface area contributed by atoms with Crippen molar-refractivity contribution >= 4 is 11.9 Å². The highest BCUT2D eigenvalue weighted by Gasteiger charge is 2.12. The average Bonchev–Trinajstić information content (AvgIpc) is 2.59. The number of hydrogen-bond donors (Lipinski definition) is 0. The Kier molecular flexibility index (Phi) is 4.94. The van der Waals surface area contributed by atoms with E-state index in [0.717, 1.165) is 0 Å². The van der Waals surface area contributed by atoms with Crippen LogP contribution in [0.2, 0.25) is 0 Å². The standard InChI is InChI=1S/C18H15NO3/c1-21-16-9-13(10-17(11-16)22-2)8-15(12-19)18(20)14-6-4-3-5-7-14/h3-11H,1-2H3/b15-8+. The molecule has 0 aliphatic rings. The molecule has 0 fully saturated rings. The van der Waals surface area contributed by atoms with Crippen molar-refractivity contribution in [1.29, 1.82) is 5.26 Å². The molecule has 0 atom stereocenters. The first-order valence-corrected chi connectivity index (χ1v) is 6.62. The maximum Gasteiger partial charge on any atom is 0.203 e. The molecule has 0 radical (unpaired) electrons. The van der Waals surface area contributed by atoms with E-state index in [9.17, 15) is 10.1 Å². The molecule has 2 aromatic carbocycles. The molecule has 0 bridgehead atoms. The van der Waals surface area contributed by atoms with E-state index >= 15 is 0 Å². The largest absolute Gasteiger partial charge is 0.497 e. The highest BCUT2D eigenvalue weighted by molar-refractivity contribution is 6.14. The quantitative estimate of drug-likeness (QED) is 0.481. The molecule has 110 valence electrons. The van der Waals surface area contributed by atoms with Crippen LogP contribution >= 0.6 is 0 Å². The molecule has 2 aromatic rings. The summed E-state index contributed by atoms with van der Waals surface area (Å²) in [4.78, 5) is 12.3. The van der Waals surface area contributed by atoms with Crippen molar-refractivity contribution in [2.75, 3.05) is 14.2 Å². The van der Waals surface area contributed by atoms with Gasteiger partial charge in [-0.15, -0.1) is 0 Å². The number of rotatable bonds is 5. The van der Waals surface area contributed by atoms with Gasteiger partial charge in [0.05, 0.1) is 14.2 Å². The lowest BCUT2D eigenvalue weighted by Gasteiger charge is -2.06. The summed E-state index contributed by atoms with van der Waals surface area (Å²) >= 11 is 0. The first-order valence-electron chi connectivity index (χ1n) is 6.62. The topological polar surface area (TPSA) is 59.3 Å². The predicted octanol–water partition coefficient (Wildman–Crippen LogP) is 3.49. The lowest BCUT2D eigenvalue weighted by molar-refractivity contribution is 0.104. The normalized spacial score (nSPS) is 10.7. The highest BCUT2D eigenvalue weighted by Crippen LogP contribution is 2.24. The van der Waals surface area contributed by atoms with Crippen molar-refractivity contribution in [2.24, 2.45) is 0 Å². The molecule has 4 nitrogen and oxygen atoms in total. The third kappa shape index (κ3) is 3.53. The molecule has 0 saturated carbocycles. The van der Waals surface area contributed by atoms with Crippen LogP contribution in [0.4, 0.5) is 0 Å². The molecule has 0 N–H and O–H groups in total. The van der Waals surface area contributed by atoms with Gasteiger partial charge in [-0.3, -0.25) is 4.79 Å². The SMILES string of the molecule is COc1cc(/C=C(\C#N)C(=O)c2ccccc2)cc(OC)c1. The van der Waals surface area contributed by atoms with Gasteiger partial charge in [-0.2, -0.15) is 5.26 Å². The van der Waals surface area contributed by atoms with Crippen LogP contribution in [-0.2, 0) is 0 Å². The van der Waals surface area contributed by atoms with Crippen molar-refractivity contribution in [1.82, 2.24) is 0 Å². The fraction of sp³-hybridized carbons (Fsp3) is 0.111. The summed E-state index contributed by atoms with van der Waals surface area (Å²) < 4.78 is 10.4. The Hall–Kier alpha value is -3.06. The van der Waals surface area contributed by atoms with Gasteiger partial charge in [0.15, 0.2) is 0 Å². The van der Waals surface area contributed by atoms with Crippen LogP contribution in [0.1, 0.15) is 15.9 Å². The van der Waals surface area contributed by atoms with Crippen molar-refractivity contribution in [3.63, 3.8) is 0 Å². The van der Waals surface area contributed by atoms with Gasteiger partial charge in [0.25, 0.3) is 0 Å². The summed E-state index contributed by atoms with van der Waals surface area (Å²) in [6.07, 6.45) is 1.53. The monoisotopic (exact) mass is 293 g/mol. The average molecular weight is 293 g/mol. The third-order valence-electron chi connectivity index (χ3n) is 3.09. The van der Waals surface area contributed by atoms with Gasteiger partial charge in [-0.1, -0.05) is 30.3 Å². The van der Waals surface area contributed by atoms with Gasteiger partial charge in [0, 0.05) is 11.6 Å². The van der Waals surface area contributed by atoms with E-state index < -0.39 is 0 Å². The van der Waals surface area contributed by atoms with Crippen LogP contribution in [0.25, 0.3) is 6.08 Å². The summed E-state index contributed by atoms with van der Waals surface area (Å²) in [6.45, 7) is 0. The van der Waals surface area contributed by atoms with Crippen molar-refractivity contribution in [3.05, 3.63) is 65.2 Å². The van der Waals surface area contributed by atoms with Gasteiger partial charge >= 0.3 is 0 Å². The number of nitrogens with zero attached hydrogens (tertiary/aromatic N) is 1. The minimum Gasteiger partial charge on any atom is -0.497 e.